The van der Waals surface area contributed by atoms with Gasteiger partial charge in [-0.25, -0.2) is 0 Å². The smallest absolute Gasteiger partial charge is 0.229 e. The van der Waals surface area contributed by atoms with Crippen LogP contribution in [0.2, 0.25) is 0 Å². The Labute approximate surface area is 94.0 Å². The third-order valence-corrected chi connectivity index (χ3v) is 2.72. The monoisotopic (exact) mass is 216 g/mol. The summed E-state index contributed by atoms with van der Waals surface area (Å²) in [5.74, 6) is 0.832. The van der Waals surface area contributed by atoms with Crippen molar-refractivity contribution in [1.82, 2.24) is 0 Å². The highest BCUT2D eigenvalue weighted by molar-refractivity contribution is 6.00. The van der Waals surface area contributed by atoms with Crippen LogP contribution >= 0.6 is 0 Å². The molecule has 1 heterocycles. The lowest BCUT2D eigenvalue weighted by atomic mass is 9.98. The van der Waals surface area contributed by atoms with Gasteiger partial charge < -0.3 is 9.64 Å². The zero-order chi connectivity index (χ0) is 11.5. The number of benzene rings is 1. The molecular weight excluding hydrogens is 204 g/mol. The van der Waals surface area contributed by atoms with Gasteiger partial charge in [-0.15, -0.1) is 0 Å². The molecule has 2 rings (SSSR count). The molecule has 0 bridgehead atoms. The SMILES string of the molecule is COc1ccc(N2C(=O)CC2CC#N)cc1. The fraction of sp³-hybridized carbons (Fsp3) is 0.333. The number of anilines is 1. The van der Waals surface area contributed by atoms with Crippen LogP contribution in [0.5, 0.6) is 5.75 Å². The van der Waals surface area contributed by atoms with Crippen LogP contribution in [0.1, 0.15) is 12.8 Å². The van der Waals surface area contributed by atoms with Crippen LogP contribution in [0.4, 0.5) is 5.69 Å². The molecule has 1 unspecified atom stereocenters. The molecule has 1 amide bonds. The number of hydrogen-bond acceptors (Lipinski definition) is 3. The topological polar surface area (TPSA) is 53.3 Å². The van der Waals surface area contributed by atoms with Gasteiger partial charge in [0.1, 0.15) is 5.75 Å². The molecule has 1 saturated heterocycles. The first-order valence-electron chi connectivity index (χ1n) is 5.09. The van der Waals surface area contributed by atoms with Gasteiger partial charge in [-0.2, -0.15) is 5.26 Å². The lowest BCUT2D eigenvalue weighted by Gasteiger charge is -2.39. The second kappa shape index (κ2) is 4.23. The van der Waals surface area contributed by atoms with Crippen LogP contribution in [0.25, 0.3) is 0 Å². The normalized spacial score (nSPS) is 18.9. The number of rotatable bonds is 3. The summed E-state index contributed by atoms with van der Waals surface area (Å²) >= 11 is 0. The van der Waals surface area contributed by atoms with Crippen molar-refractivity contribution in [2.45, 2.75) is 18.9 Å². The number of carbonyl (C=O) groups excluding carboxylic acids is 1. The summed E-state index contributed by atoms with van der Waals surface area (Å²) in [7, 11) is 1.60. The van der Waals surface area contributed by atoms with Crippen molar-refractivity contribution in [3.8, 4) is 11.8 Å². The summed E-state index contributed by atoms with van der Waals surface area (Å²) in [5, 5.41) is 8.63. The minimum absolute atomic E-state index is 0.0332. The van der Waals surface area contributed by atoms with Crippen LogP contribution in [0.15, 0.2) is 24.3 Å². The van der Waals surface area contributed by atoms with Crippen LogP contribution in [-0.2, 0) is 4.79 Å². The van der Waals surface area contributed by atoms with Crippen LogP contribution in [0, 0.1) is 11.3 Å². The highest BCUT2D eigenvalue weighted by Gasteiger charge is 2.36. The maximum absolute atomic E-state index is 11.5. The van der Waals surface area contributed by atoms with Gasteiger partial charge in [0.25, 0.3) is 0 Å². The molecule has 1 aliphatic heterocycles. The number of nitrogens with zero attached hydrogens (tertiary/aromatic N) is 2. The summed E-state index contributed by atoms with van der Waals surface area (Å²) < 4.78 is 5.05. The molecule has 1 aliphatic rings. The second-order valence-corrected chi connectivity index (χ2v) is 3.68. The predicted molar refractivity (Wildman–Crippen MR) is 59.1 cm³/mol. The number of amides is 1. The third kappa shape index (κ3) is 1.72. The summed E-state index contributed by atoms with van der Waals surface area (Å²) in [6, 6.07) is 9.41. The molecule has 0 N–H and O–H groups in total. The van der Waals surface area contributed by atoms with E-state index in [1.54, 1.807) is 12.0 Å². The summed E-state index contributed by atoms with van der Waals surface area (Å²) in [6.45, 7) is 0. The van der Waals surface area contributed by atoms with Gasteiger partial charge in [-0.3, -0.25) is 4.79 Å². The largest absolute Gasteiger partial charge is 0.497 e. The van der Waals surface area contributed by atoms with Crippen molar-refractivity contribution in [2.24, 2.45) is 0 Å². The summed E-state index contributed by atoms with van der Waals surface area (Å²) in [6.07, 6.45) is 0.858. The number of methoxy groups -OCH3 is 1. The highest BCUT2D eigenvalue weighted by Crippen LogP contribution is 2.30. The average molecular weight is 216 g/mol. The van der Waals surface area contributed by atoms with Gasteiger partial charge in [0.15, 0.2) is 0 Å². The van der Waals surface area contributed by atoms with Gasteiger partial charge in [-0.1, -0.05) is 0 Å². The molecule has 0 aromatic heterocycles. The van der Waals surface area contributed by atoms with E-state index < -0.39 is 0 Å². The quantitative estimate of drug-likeness (QED) is 0.723. The molecule has 0 radical (unpaired) electrons. The Balaban J connectivity index is 2.16. The lowest BCUT2D eigenvalue weighted by Crippen LogP contribution is -2.52. The fourth-order valence-corrected chi connectivity index (χ4v) is 1.85. The zero-order valence-corrected chi connectivity index (χ0v) is 9.01. The fourth-order valence-electron chi connectivity index (χ4n) is 1.85. The Kier molecular flexibility index (Phi) is 2.78. The van der Waals surface area contributed by atoms with Gasteiger partial charge in [0.2, 0.25) is 5.91 Å². The van der Waals surface area contributed by atoms with E-state index in [2.05, 4.69) is 6.07 Å². The van der Waals surface area contributed by atoms with E-state index in [0.717, 1.165) is 11.4 Å². The van der Waals surface area contributed by atoms with Crippen molar-refractivity contribution >= 4 is 11.6 Å². The van der Waals surface area contributed by atoms with Crippen LogP contribution in [-0.4, -0.2) is 19.1 Å². The molecule has 0 spiro atoms. The number of hydrogen-bond donors (Lipinski definition) is 0. The molecular formula is C12H12N2O2. The Bertz CT molecular complexity index is 433. The Morgan fingerprint density at radius 2 is 2.19 bits per heavy atom. The number of nitriles is 1. The molecule has 16 heavy (non-hydrogen) atoms. The molecule has 1 aromatic rings. The second-order valence-electron chi connectivity index (χ2n) is 3.68. The minimum Gasteiger partial charge on any atom is -0.497 e. The standard InChI is InChI=1S/C12H12N2O2/c1-16-11-4-2-9(3-5-11)14-10(6-7-13)8-12(14)15/h2-5,10H,6,8H2,1H3. The Morgan fingerprint density at radius 3 is 2.69 bits per heavy atom. The van der Waals surface area contributed by atoms with Gasteiger partial charge in [0.05, 0.1) is 25.6 Å². The van der Waals surface area contributed by atoms with E-state index in [4.69, 9.17) is 10.00 Å². The maximum atomic E-state index is 11.5. The third-order valence-electron chi connectivity index (χ3n) is 2.72. The van der Waals surface area contributed by atoms with Crippen molar-refractivity contribution in [3.63, 3.8) is 0 Å². The first-order chi connectivity index (χ1) is 7.76. The van der Waals surface area contributed by atoms with Crippen LogP contribution < -0.4 is 9.64 Å². The van der Waals surface area contributed by atoms with E-state index in [1.807, 2.05) is 24.3 Å². The number of carbonyl (C=O) groups is 1. The minimum atomic E-state index is 0.0332. The van der Waals surface area contributed by atoms with E-state index in [-0.39, 0.29) is 11.9 Å². The van der Waals surface area contributed by atoms with E-state index in [9.17, 15) is 4.79 Å². The Hall–Kier alpha value is -2.02. The molecule has 1 atom stereocenters. The summed E-state index contributed by atoms with van der Waals surface area (Å²) in [5.41, 5.74) is 0.831. The first-order valence-corrected chi connectivity index (χ1v) is 5.09. The molecule has 0 saturated carbocycles. The van der Waals surface area contributed by atoms with Gasteiger partial charge in [0, 0.05) is 12.1 Å². The number of ether oxygens (including phenoxy) is 1. The van der Waals surface area contributed by atoms with Gasteiger partial charge >= 0.3 is 0 Å². The van der Waals surface area contributed by atoms with Crippen molar-refractivity contribution in [2.75, 3.05) is 12.0 Å². The maximum Gasteiger partial charge on any atom is 0.229 e. The predicted octanol–water partition coefficient (Wildman–Crippen LogP) is 1.71. The van der Waals surface area contributed by atoms with E-state index >= 15 is 0 Å². The molecule has 4 heteroatoms. The zero-order valence-electron chi connectivity index (χ0n) is 9.01. The van der Waals surface area contributed by atoms with Crippen molar-refractivity contribution in [3.05, 3.63) is 24.3 Å². The highest BCUT2D eigenvalue weighted by atomic mass is 16.5. The van der Waals surface area contributed by atoms with Gasteiger partial charge in [-0.05, 0) is 24.3 Å². The molecule has 82 valence electrons. The molecule has 4 nitrogen and oxygen atoms in total. The lowest BCUT2D eigenvalue weighted by molar-refractivity contribution is -0.124. The first kappa shape index (κ1) is 10.5. The average Bonchev–Trinajstić information content (AvgIpc) is 2.29. The van der Waals surface area contributed by atoms with Crippen molar-refractivity contribution in [1.29, 1.82) is 5.26 Å². The number of β-lactam (4-membered cyclic amide) rings is 1. The van der Waals surface area contributed by atoms with Crippen molar-refractivity contribution < 1.29 is 9.53 Å². The summed E-state index contributed by atoms with van der Waals surface area (Å²) in [4.78, 5) is 13.1. The van der Waals surface area contributed by atoms with E-state index in [1.165, 1.54) is 0 Å². The Morgan fingerprint density at radius 1 is 1.50 bits per heavy atom. The molecule has 1 aromatic carbocycles. The molecule has 1 fully saturated rings. The molecule has 0 aliphatic carbocycles. The van der Waals surface area contributed by atoms with Crippen LogP contribution in [0.3, 0.4) is 0 Å². The van der Waals surface area contributed by atoms with E-state index in [0.29, 0.717) is 12.8 Å².